The van der Waals surface area contributed by atoms with Gasteiger partial charge in [-0.25, -0.2) is 0 Å². The molecule has 0 aromatic carbocycles. The van der Waals surface area contributed by atoms with Crippen molar-refractivity contribution in [2.24, 2.45) is 5.92 Å². The highest BCUT2D eigenvalue weighted by molar-refractivity contribution is 4.52. The zero-order valence-electron chi connectivity index (χ0n) is 12.2. The molecule has 0 heterocycles. The van der Waals surface area contributed by atoms with Crippen molar-refractivity contribution < 1.29 is 17.9 Å². The number of hydrogen-bond acceptors (Lipinski definition) is 2. The van der Waals surface area contributed by atoms with Crippen molar-refractivity contribution in [1.29, 1.82) is 0 Å². The molecule has 0 aliphatic rings. The Morgan fingerprint density at radius 1 is 0.947 bits per heavy atom. The molecule has 0 saturated heterocycles. The summed E-state index contributed by atoms with van der Waals surface area (Å²) < 4.78 is 39.7. The Bertz CT molecular complexity index is 196. The van der Waals surface area contributed by atoms with Gasteiger partial charge in [0.05, 0.1) is 0 Å². The van der Waals surface area contributed by atoms with E-state index >= 15 is 0 Å². The standard InChI is InChI=1S/C14H28F3NO/c1-13(2)8-5-3-4-6-9-18-10-7-11-19-12-14(15,16)17/h13,18H,3-12H2,1-2H3. The molecule has 0 saturated carbocycles. The molecule has 0 radical (unpaired) electrons. The van der Waals surface area contributed by atoms with Crippen LogP contribution in [0.4, 0.5) is 13.2 Å². The van der Waals surface area contributed by atoms with E-state index in [9.17, 15) is 13.2 Å². The minimum Gasteiger partial charge on any atom is -0.372 e. The molecule has 0 amide bonds. The van der Waals surface area contributed by atoms with Crippen LogP contribution in [0.3, 0.4) is 0 Å². The lowest BCUT2D eigenvalue weighted by Gasteiger charge is -2.08. The van der Waals surface area contributed by atoms with Crippen molar-refractivity contribution in [3.05, 3.63) is 0 Å². The number of nitrogens with one attached hydrogen (secondary N) is 1. The Morgan fingerprint density at radius 3 is 2.21 bits per heavy atom. The van der Waals surface area contributed by atoms with Gasteiger partial charge in [0.1, 0.15) is 6.61 Å². The molecule has 0 aliphatic heterocycles. The minimum absolute atomic E-state index is 0.168. The number of unbranched alkanes of at least 4 members (excludes halogenated alkanes) is 3. The molecule has 0 rings (SSSR count). The largest absolute Gasteiger partial charge is 0.411 e. The van der Waals surface area contributed by atoms with E-state index in [1.165, 1.54) is 25.7 Å². The van der Waals surface area contributed by atoms with Crippen LogP contribution in [-0.4, -0.2) is 32.5 Å². The number of alkyl halides is 3. The second kappa shape index (κ2) is 11.5. The summed E-state index contributed by atoms with van der Waals surface area (Å²) in [6, 6.07) is 0. The molecule has 0 bridgehead atoms. The third kappa shape index (κ3) is 17.7. The van der Waals surface area contributed by atoms with Crippen LogP contribution in [0.2, 0.25) is 0 Å². The van der Waals surface area contributed by atoms with Gasteiger partial charge in [0, 0.05) is 6.61 Å². The molecule has 0 aliphatic carbocycles. The van der Waals surface area contributed by atoms with Gasteiger partial charge < -0.3 is 10.1 Å². The van der Waals surface area contributed by atoms with Crippen LogP contribution in [0.15, 0.2) is 0 Å². The van der Waals surface area contributed by atoms with Crippen molar-refractivity contribution in [1.82, 2.24) is 5.32 Å². The molecule has 0 unspecified atom stereocenters. The second-order valence-electron chi connectivity index (χ2n) is 5.37. The molecular formula is C14H28F3NO. The highest BCUT2D eigenvalue weighted by Gasteiger charge is 2.27. The van der Waals surface area contributed by atoms with E-state index in [2.05, 4.69) is 23.9 Å². The molecule has 19 heavy (non-hydrogen) atoms. The van der Waals surface area contributed by atoms with Gasteiger partial charge in [-0.15, -0.1) is 0 Å². The number of hydrogen-bond donors (Lipinski definition) is 1. The van der Waals surface area contributed by atoms with Crippen LogP contribution in [0.5, 0.6) is 0 Å². The van der Waals surface area contributed by atoms with Gasteiger partial charge in [-0.2, -0.15) is 13.2 Å². The van der Waals surface area contributed by atoms with E-state index in [0.29, 0.717) is 6.42 Å². The van der Waals surface area contributed by atoms with Crippen molar-refractivity contribution in [3.8, 4) is 0 Å². The summed E-state index contributed by atoms with van der Waals surface area (Å²) in [4.78, 5) is 0. The highest BCUT2D eigenvalue weighted by Crippen LogP contribution is 2.14. The van der Waals surface area contributed by atoms with Crippen LogP contribution in [0, 0.1) is 5.92 Å². The predicted molar refractivity (Wildman–Crippen MR) is 72.3 cm³/mol. The molecule has 0 spiro atoms. The molecule has 2 nitrogen and oxygen atoms in total. The normalized spacial score (nSPS) is 12.3. The monoisotopic (exact) mass is 283 g/mol. The summed E-state index contributed by atoms with van der Waals surface area (Å²) in [6.07, 6.45) is 2.65. The van der Waals surface area contributed by atoms with Gasteiger partial charge in [0.2, 0.25) is 0 Å². The van der Waals surface area contributed by atoms with Gasteiger partial charge in [0.15, 0.2) is 0 Å². The van der Waals surface area contributed by atoms with Crippen molar-refractivity contribution in [3.63, 3.8) is 0 Å². The summed E-state index contributed by atoms with van der Waals surface area (Å²) in [7, 11) is 0. The first-order valence-electron chi connectivity index (χ1n) is 7.27. The Kier molecular flexibility index (Phi) is 11.4. The van der Waals surface area contributed by atoms with Gasteiger partial charge in [-0.05, 0) is 31.8 Å². The topological polar surface area (TPSA) is 21.3 Å². The van der Waals surface area contributed by atoms with E-state index in [0.717, 1.165) is 25.4 Å². The van der Waals surface area contributed by atoms with Crippen molar-refractivity contribution in [2.75, 3.05) is 26.3 Å². The smallest absolute Gasteiger partial charge is 0.372 e. The van der Waals surface area contributed by atoms with Gasteiger partial charge in [-0.1, -0.05) is 39.5 Å². The fourth-order valence-electron chi connectivity index (χ4n) is 1.77. The molecule has 5 heteroatoms. The summed E-state index contributed by atoms with van der Waals surface area (Å²) in [5, 5.41) is 3.22. The highest BCUT2D eigenvalue weighted by atomic mass is 19.4. The van der Waals surface area contributed by atoms with E-state index in [1.54, 1.807) is 0 Å². The zero-order chi connectivity index (χ0) is 14.6. The number of halogens is 3. The molecule has 0 fully saturated rings. The summed E-state index contributed by atoms with van der Waals surface area (Å²) in [5.74, 6) is 0.787. The fraction of sp³-hybridized carbons (Fsp3) is 1.00. The number of rotatable bonds is 12. The predicted octanol–water partition coefficient (Wildman–Crippen LogP) is 4.15. The molecule has 0 aromatic rings. The Balaban J connectivity index is 3.03. The van der Waals surface area contributed by atoms with Crippen molar-refractivity contribution in [2.45, 2.75) is 58.5 Å². The third-order valence-corrected chi connectivity index (χ3v) is 2.79. The first-order valence-corrected chi connectivity index (χ1v) is 7.27. The lowest BCUT2D eigenvalue weighted by atomic mass is 10.0. The first-order chi connectivity index (χ1) is 8.92. The molecule has 116 valence electrons. The third-order valence-electron chi connectivity index (χ3n) is 2.79. The van der Waals surface area contributed by atoms with Crippen LogP contribution in [0.1, 0.15) is 52.4 Å². The average molecular weight is 283 g/mol. The van der Waals surface area contributed by atoms with Crippen LogP contribution in [-0.2, 0) is 4.74 Å². The Morgan fingerprint density at radius 2 is 1.58 bits per heavy atom. The Labute approximate surface area is 115 Å². The zero-order valence-corrected chi connectivity index (χ0v) is 12.2. The molecule has 1 N–H and O–H groups in total. The minimum atomic E-state index is -4.20. The second-order valence-corrected chi connectivity index (χ2v) is 5.37. The van der Waals surface area contributed by atoms with Gasteiger partial charge >= 0.3 is 6.18 Å². The summed E-state index contributed by atoms with van der Waals surface area (Å²) >= 11 is 0. The fourth-order valence-corrected chi connectivity index (χ4v) is 1.77. The lowest BCUT2D eigenvalue weighted by molar-refractivity contribution is -0.173. The van der Waals surface area contributed by atoms with E-state index in [4.69, 9.17) is 0 Å². The van der Waals surface area contributed by atoms with Crippen LogP contribution >= 0.6 is 0 Å². The SMILES string of the molecule is CC(C)CCCCCCNCCCOCC(F)(F)F. The first kappa shape index (κ1) is 18.7. The van der Waals surface area contributed by atoms with Crippen LogP contribution in [0.25, 0.3) is 0 Å². The van der Waals surface area contributed by atoms with E-state index in [1.807, 2.05) is 0 Å². The van der Waals surface area contributed by atoms with E-state index in [-0.39, 0.29) is 6.61 Å². The molecular weight excluding hydrogens is 255 g/mol. The lowest BCUT2D eigenvalue weighted by Crippen LogP contribution is -2.21. The summed E-state index contributed by atoms with van der Waals surface area (Å²) in [6.45, 7) is 5.18. The van der Waals surface area contributed by atoms with Gasteiger partial charge in [0.25, 0.3) is 0 Å². The average Bonchev–Trinajstić information content (AvgIpc) is 2.28. The Hall–Kier alpha value is -0.290. The summed E-state index contributed by atoms with van der Waals surface area (Å²) in [5.41, 5.74) is 0. The number of ether oxygens (including phenoxy) is 1. The van der Waals surface area contributed by atoms with E-state index < -0.39 is 12.8 Å². The maximum Gasteiger partial charge on any atom is 0.411 e. The van der Waals surface area contributed by atoms with Crippen LogP contribution < -0.4 is 5.32 Å². The molecule has 0 aromatic heterocycles. The quantitative estimate of drug-likeness (QED) is 0.543. The molecule has 0 atom stereocenters. The maximum absolute atomic E-state index is 11.7. The van der Waals surface area contributed by atoms with Crippen molar-refractivity contribution >= 4 is 0 Å². The maximum atomic E-state index is 11.7. The van der Waals surface area contributed by atoms with Gasteiger partial charge in [-0.3, -0.25) is 0 Å².